The van der Waals surface area contributed by atoms with Crippen molar-refractivity contribution in [3.63, 3.8) is 0 Å². The fraction of sp³-hybridized carbons (Fsp3) is 0.111. The van der Waals surface area contributed by atoms with E-state index in [0.717, 1.165) is 6.07 Å². The Balaban J connectivity index is 3.25. The van der Waals surface area contributed by atoms with Gasteiger partial charge < -0.3 is 10.8 Å². The second-order valence-corrected chi connectivity index (χ2v) is 2.94. The van der Waals surface area contributed by atoms with E-state index in [0.29, 0.717) is 5.56 Å². The molecule has 1 rings (SSSR count). The van der Waals surface area contributed by atoms with Gasteiger partial charge in [0.1, 0.15) is 16.6 Å². The van der Waals surface area contributed by atoms with Crippen LogP contribution in [-0.2, 0) is 0 Å². The van der Waals surface area contributed by atoms with Gasteiger partial charge in [-0.05, 0) is 6.07 Å². The van der Waals surface area contributed by atoms with E-state index < -0.39 is 11.9 Å². The first-order valence-electron chi connectivity index (χ1n) is 3.63. The molecule has 70 valence electrons. The maximum atomic E-state index is 12.8. The molecule has 0 heterocycles. The lowest BCUT2D eigenvalue weighted by Gasteiger charge is -2.10. The van der Waals surface area contributed by atoms with Crippen LogP contribution in [0.5, 0.6) is 5.75 Å². The Morgan fingerprint density at radius 3 is 2.77 bits per heavy atom. The van der Waals surface area contributed by atoms with Gasteiger partial charge in [-0.3, -0.25) is 0 Å². The lowest BCUT2D eigenvalue weighted by Crippen LogP contribution is -2.06. The number of halogens is 2. The molecule has 0 aliphatic rings. The molecule has 0 unspecified atom stereocenters. The molecule has 0 aromatic heterocycles. The molecule has 0 amide bonds. The van der Waals surface area contributed by atoms with Gasteiger partial charge in [0.15, 0.2) is 0 Å². The Bertz CT molecular complexity index is 341. The van der Waals surface area contributed by atoms with E-state index in [2.05, 4.69) is 6.58 Å². The molecular formula is C9H9ClFNO. The lowest BCUT2D eigenvalue weighted by atomic mass is 10.1. The van der Waals surface area contributed by atoms with Gasteiger partial charge in [-0.25, -0.2) is 4.39 Å². The summed E-state index contributed by atoms with van der Waals surface area (Å²) < 4.78 is 12.8. The van der Waals surface area contributed by atoms with Crippen LogP contribution in [0.3, 0.4) is 0 Å². The van der Waals surface area contributed by atoms with Crippen LogP contribution >= 0.6 is 11.6 Å². The van der Waals surface area contributed by atoms with Gasteiger partial charge in [0.2, 0.25) is 0 Å². The Hall–Kier alpha value is -1.06. The minimum Gasteiger partial charge on any atom is -0.506 e. The minimum absolute atomic E-state index is 0.310. The highest BCUT2D eigenvalue weighted by atomic mass is 35.5. The Morgan fingerprint density at radius 2 is 2.23 bits per heavy atom. The van der Waals surface area contributed by atoms with Crippen molar-refractivity contribution in [3.8, 4) is 5.75 Å². The second kappa shape index (κ2) is 3.77. The standard InChI is InChI=1S/C9H9ClFNO/c1-2-7(12)5-3-4-6(11)8(10)9(5)13/h2-4,7,13H,1,12H2/t7-/m1/s1. The largest absolute Gasteiger partial charge is 0.506 e. The van der Waals surface area contributed by atoms with Crippen LogP contribution in [0.2, 0.25) is 5.02 Å². The van der Waals surface area contributed by atoms with E-state index in [-0.39, 0.29) is 10.8 Å². The zero-order chi connectivity index (χ0) is 10.0. The fourth-order valence-corrected chi connectivity index (χ4v) is 1.12. The second-order valence-electron chi connectivity index (χ2n) is 2.56. The van der Waals surface area contributed by atoms with Gasteiger partial charge >= 0.3 is 0 Å². The highest BCUT2D eigenvalue weighted by molar-refractivity contribution is 6.32. The molecule has 0 saturated heterocycles. The van der Waals surface area contributed by atoms with E-state index in [1.807, 2.05) is 0 Å². The maximum Gasteiger partial charge on any atom is 0.145 e. The molecule has 0 aliphatic heterocycles. The van der Waals surface area contributed by atoms with Crippen molar-refractivity contribution < 1.29 is 9.50 Å². The normalized spacial score (nSPS) is 12.5. The van der Waals surface area contributed by atoms with Crippen LogP contribution in [0.15, 0.2) is 24.8 Å². The molecule has 0 aliphatic carbocycles. The topological polar surface area (TPSA) is 46.2 Å². The average Bonchev–Trinajstić information content (AvgIpc) is 2.13. The van der Waals surface area contributed by atoms with Crippen molar-refractivity contribution in [2.24, 2.45) is 5.73 Å². The number of hydrogen-bond acceptors (Lipinski definition) is 2. The van der Waals surface area contributed by atoms with Gasteiger partial charge in [-0.2, -0.15) is 0 Å². The Labute approximate surface area is 80.4 Å². The summed E-state index contributed by atoms with van der Waals surface area (Å²) in [6.45, 7) is 3.46. The molecule has 1 aromatic rings. The Morgan fingerprint density at radius 1 is 1.62 bits per heavy atom. The zero-order valence-electron chi connectivity index (χ0n) is 6.80. The summed E-state index contributed by atoms with van der Waals surface area (Å²) in [7, 11) is 0. The monoisotopic (exact) mass is 201 g/mol. The van der Waals surface area contributed by atoms with Crippen molar-refractivity contribution in [2.75, 3.05) is 0 Å². The van der Waals surface area contributed by atoms with Crippen LogP contribution in [-0.4, -0.2) is 5.11 Å². The predicted molar refractivity (Wildman–Crippen MR) is 50.2 cm³/mol. The Kier molecular flexibility index (Phi) is 2.90. The summed E-state index contributed by atoms with van der Waals surface area (Å²) in [4.78, 5) is 0. The number of hydrogen-bond donors (Lipinski definition) is 2. The van der Waals surface area contributed by atoms with Crippen LogP contribution in [0.1, 0.15) is 11.6 Å². The van der Waals surface area contributed by atoms with Gasteiger partial charge in [-0.1, -0.05) is 23.7 Å². The molecule has 13 heavy (non-hydrogen) atoms. The molecule has 3 N–H and O–H groups in total. The zero-order valence-corrected chi connectivity index (χ0v) is 7.55. The van der Waals surface area contributed by atoms with E-state index >= 15 is 0 Å². The lowest BCUT2D eigenvalue weighted by molar-refractivity contribution is 0.460. The molecule has 0 radical (unpaired) electrons. The van der Waals surface area contributed by atoms with Crippen LogP contribution in [0.4, 0.5) is 4.39 Å². The molecular weight excluding hydrogens is 193 g/mol. The highest BCUT2D eigenvalue weighted by Crippen LogP contribution is 2.32. The van der Waals surface area contributed by atoms with Crippen molar-refractivity contribution in [1.29, 1.82) is 0 Å². The summed E-state index contributed by atoms with van der Waals surface area (Å²) >= 11 is 5.47. The van der Waals surface area contributed by atoms with E-state index in [9.17, 15) is 9.50 Å². The van der Waals surface area contributed by atoms with Crippen LogP contribution in [0.25, 0.3) is 0 Å². The van der Waals surface area contributed by atoms with Crippen LogP contribution < -0.4 is 5.73 Å². The van der Waals surface area contributed by atoms with Gasteiger partial charge in [0.05, 0.1) is 6.04 Å². The SMILES string of the molecule is C=C[C@@H](N)c1ccc(F)c(Cl)c1O. The number of phenolic OH excluding ortho intramolecular Hbond substituents is 1. The van der Waals surface area contributed by atoms with Gasteiger partial charge in [-0.15, -0.1) is 6.58 Å². The summed E-state index contributed by atoms with van der Waals surface area (Å²) in [5.74, 6) is -0.992. The molecule has 1 atom stereocenters. The number of phenols is 1. The number of aromatic hydroxyl groups is 1. The van der Waals surface area contributed by atoms with Crippen molar-refractivity contribution in [2.45, 2.75) is 6.04 Å². The smallest absolute Gasteiger partial charge is 0.145 e. The van der Waals surface area contributed by atoms with Gasteiger partial charge in [0, 0.05) is 5.56 Å². The van der Waals surface area contributed by atoms with E-state index in [4.69, 9.17) is 17.3 Å². The first kappa shape index (κ1) is 10.0. The minimum atomic E-state index is -0.667. The summed E-state index contributed by atoms with van der Waals surface area (Å²) in [6.07, 6.45) is 1.43. The van der Waals surface area contributed by atoms with Crippen LogP contribution in [0, 0.1) is 5.82 Å². The quantitative estimate of drug-likeness (QED) is 0.722. The van der Waals surface area contributed by atoms with Crippen molar-refractivity contribution >= 4 is 11.6 Å². The molecule has 0 saturated carbocycles. The van der Waals surface area contributed by atoms with E-state index in [1.54, 1.807) is 0 Å². The number of nitrogens with two attached hydrogens (primary N) is 1. The first-order valence-corrected chi connectivity index (χ1v) is 4.00. The fourth-order valence-electron chi connectivity index (χ4n) is 0.951. The third-order valence-corrected chi connectivity index (χ3v) is 2.07. The highest BCUT2D eigenvalue weighted by Gasteiger charge is 2.13. The third-order valence-electron chi connectivity index (χ3n) is 1.71. The number of benzene rings is 1. The number of rotatable bonds is 2. The molecule has 0 fully saturated rings. The van der Waals surface area contributed by atoms with Crippen molar-refractivity contribution in [1.82, 2.24) is 0 Å². The summed E-state index contributed by atoms with van der Waals surface area (Å²) in [5, 5.41) is 9.07. The molecule has 1 aromatic carbocycles. The summed E-state index contributed by atoms with van der Waals surface area (Å²) in [5.41, 5.74) is 5.92. The molecule has 0 bridgehead atoms. The van der Waals surface area contributed by atoms with Gasteiger partial charge in [0.25, 0.3) is 0 Å². The molecule has 4 heteroatoms. The van der Waals surface area contributed by atoms with Crippen molar-refractivity contribution in [3.05, 3.63) is 41.2 Å². The maximum absolute atomic E-state index is 12.8. The average molecular weight is 202 g/mol. The summed E-state index contributed by atoms with van der Waals surface area (Å²) in [6, 6.07) is 1.99. The molecule has 2 nitrogen and oxygen atoms in total. The third kappa shape index (κ3) is 1.82. The molecule has 0 spiro atoms. The predicted octanol–water partition coefficient (Wildman–Crippen LogP) is 2.37. The first-order chi connectivity index (χ1) is 6.07. The van der Waals surface area contributed by atoms with E-state index in [1.165, 1.54) is 12.1 Å².